The topological polar surface area (TPSA) is 119 Å². The monoisotopic (exact) mass is 618 g/mol. The summed E-state index contributed by atoms with van der Waals surface area (Å²) in [5.74, 6) is -1.64. The van der Waals surface area contributed by atoms with Crippen LogP contribution in [0.4, 0.5) is 0 Å². The van der Waals surface area contributed by atoms with Crippen molar-refractivity contribution in [3.05, 3.63) is 143 Å². The van der Waals surface area contributed by atoms with Crippen LogP contribution in [0.15, 0.2) is 109 Å². The van der Waals surface area contributed by atoms with Crippen LogP contribution in [0.5, 0.6) is 0 Å². The molecule has 46 heavy (non-hydrogen) atoms. The van der Waals surface area contributed by atoms with Crippen LogP contribution in [0, 0.1) is 11.8 Å². The zero-order chi connectivity index (χ0) is 32.0. The molecule has 2 amide bonds. The quantitative estimate of drug-likeness (QED) is 0.161. The molecule has 2 aliphatic rings. The molecule has 0 saturated heterocycles. The first kappa shape index (κ1) is 31.7. The third kappa shape index (κ3) is 7.39. The predicted octanol–water partition coefficient (Wildman–Crippen LogP) is 4.39. The molecule has 2 aliphatic carbocycles. The van der Waals surface area contributed by atoms with Gasteiger partial charge in [0.25, 0.3) is 0 Å². The fourth-order valence-corrected chi connectivity index (χ4v) is 7.15. The molecule has 7 nitrogen and oxygen atoms in total. The average Bonchev–Trinajstić information content (AvgIpc) is 3.55. The van der Waals surface area contributed by atoms with Crippen molar-refractivity contribution in [2.45, 2.75) is 68.9 Å². The molecule has 0 fully saturated rings. The molecular formula is C39H42N2O5. The molecule has 6 rings (SSSR count). The van der Waals surface area contributed by atoms with Crippen molar-refractivity contribution in [1.82, 2.24) is 10.6 Å². The summed E-state index contributed by atoms with van der Waals surface area (Å²) in [7, 11) is 0. The molecular weight excluding hydrogens is 576 g/mol. The van der Waals surface area contributed by atoms with E-state index in [1.54, 1.807) is 0 Å². The zero-order valence-corrected chi connectivity index (χ0v) is 25.8. The second kappa shape index (κ2) is 14.4. The van der Waals surface area contributed by atoms with Crippen LogP contribution in [0.3, 0.4) is 0 Å². The molecule has 0 heterocycles. The summed E-state index contributed by atoms with van der Waals surface area (Å²) in [6.07, 6.45) is -0.314. The predicted molar refractivity (Wildman–Crippen MR) is 177 cm³/mol. The molecule has 0 saturated carbocycles. The number of amides is 2. The number of aliphatic hydroxyl groups is 3. The van der Waals surface area contributed by atoms with Crippen molar-refractivity contribution < 1.29 is 24.9 Å². The van der Waals surface area contributed by atoms with Gasteiger partial charge in [0.05, 0.1) is 30.4 Å². The minimum atomic E-state index is -0.944. The first-order valence-corrected chi connectivity index (χ1v) is 16.2. The Morgan fingerprint density at radius 2 is 0.957 bits per heavy atom. The van der Waals surface area contributed by atoms with Crippen LogP contribution in [0.2, 0.25) is 0 Å². The molecule has 0 radical (unpaired) electrons. The highest BCUT2D eigenvalue weighted by Gasteiger charge is 2.36. The summed E-state index contributed by atoms with van der Waals surface area (Å²) in [5, 5.41) is 39.3. The fourth-order valence-electron chi connectivity index (χ4n) is 7.15. The normalized spacial score (nSPS) is 21.9. The molecule has 2 unspecified atom stereocenters. The van der Waals surface area contributed by atoms with Crippen LogP contribution >= 0.6 is 0 Å². The van der Waals surface area contributed by atoms with E-state index in [4.69, 9.17) is 0 Å². The van der Waals surface area contributed by atoms with Crippen LogP contribution in [-0.4, -0.2) is 45.4 Å². The lowest BCUT2D eigenvalue weighted by Crippen LogP contribution is -2.41. The van der Waals surface area contributed by atoms with Crippen molar-refractivity contribution in [3.63, 3.8) is 0 Å². The maximum absolute atomic E-state index is 13.8. The van der Waals surface area contributed by atoms with Gasteiger partial charge in [-0.05, 0) is 59.1 Å². The van der Waals surface area contributed by atoms with E-state index in [-0.39, 0.29) is 24.7 Å². The van der Waals surface area contributed by atoms with Crippen molar-refractivity contribution >= 4 is 11.8 Å². The van der Waals surface area contributed by atoms with Gasteiger partial charge in [-0.2, -0.15) is 0 Å². The number of aliphatic hydroxyl groups excluding tert-OH is 3. The number of carbonyl (C=O) groups is 2. The highest BCUT2D eigenvalue weighted by atomic mass is 16.3. The summed E-state index contributed by atoms with van der Waals surface area (Å²) in [6, 6.07) is 33.8. The van der Waals surface area contributed by atoms with Gasteiger partial charge in [0, 0.05) is 24.7 Å². The summed E-state index contributed by atoms with van der Waals surface area (Å²) < 4.78 is 0. The van der Waals surface area contributed by atoms with Gasteiger partial charge in [0.1, 0.15) is 0 Å². The van der Waals surface area contributed by atoms with Crippen molar-refractivity contribution in [3.8, 4) is 0 Å². The molecule has 4 aromatic rings. The molecule has 5 N–H and O–H groups in total. The summed E-state index contributed by atoms with van der Waals surface area (Å²) in [6.45, 7) is 0. The van der Waals surface area contributed by atoms with Gasteiger partial charge in [-0.25, -0.2) is 0 Å². The third-order valence-corrected chi connectivity index (χ3v) is 9.51. The standard InChI is InChI=1S/C39H42N2O5/c42-31(21-29(19-25-11-3-1-4-12-25)38(45)40-36-32-17-9-7-15-27(32)23-34(36)43)22-30(20-26-13-5-2-6-14-26)39(46)41-37-33-18-10-8-16-28(33)24-35(37)44/h1-18,29-31,34-37,42-44H,19-24H2,(H,40,45)(H,41,46)/t29?,30?,31?,34-,35-,36-,37-/m0/s1. The van der Waals surface area contributed by atoms with Crippen LogP contribution in [0.25, 0.3) is 0 Å². The Bertz CT molecular complexity index is 1510. The average molecular weight is 619 g/mol. The number of hydrogen-bond donors (Lipinski definition) is 5. The molecule has 0 aliphatic heterocycles. The molecule has 7 heteroatoms. The van der Waals surface area contributed by atoms with Gasteiger partial charge in [0.15, 0.2) is 0 Å². The van der Waals surface area contributed by atoms with E-state index in [0.29, 0.717) is 25.7 Å². The Labute approximate surface area is 270 Å². The number of hydrogen-bond acceptors (Lipinski definition) is 5. The lowest BCUT2D eigenvalue weighted by atomic mass is 9.86. The smallest absolute Gasteiger partial charge is 0.224 e. The van der Waals surface area contributed by atoms with Crippen LogP contribution in [-0.2, 0) is 35.3 Å². The third-order valence-electron chi connectivity index (χ3n) is 9.51. The first-order chi connectivity index (χ1) is 22.4. The number of fused-ring (bicyclic) bond motifs is 2. The zero-order valence-electron chi connectivity index (χ0n) is 25.8. The maximum Gasteiger partial charge on any atom is 0.224 e. The van der Waals surface area contributed by atoms with E-state index < -0.39 is 42.2 Å². The molecule has 238 valence electrons. The van der Waals surface area contributed by atoms with Crippen molar-refractivity contribution in [2.24, 2.45) is 11.8 Å². The van der Waals surface area contributed by atoms with Crippen LogP contribution in [0.1, 0.15) is 58.3 Å². The maximum atomic E-state index is 13.8. The highest BCUT2D eigenvalue weighted by molar-refractivity contribution is 5.81. The Morgan fingerprint density at radius 3 is 1.37 bits per heavy atom. The van der Waals surface area contributed by atoms with E-state index >= 15 is 0 Å². The lowest BCUT2D eigenvalue weighted by molar-refractivity contribution is -0.128. The van der Waals surface area contributed by atoms with E-state index in [1.807, 2.05) is 109 Å². The second-order valence-electron chi connectivity index (χ2n) is 12.8. The summed E-state index contributed by atoms with van der Waals surface area (Å²) >= 11 is 0. The van der Waals surface area contributed by atoms with E-state index in [0.717, 1.165) is 33.4 Å². The van der Waals surface area contributed by atoms with Gasteiger partial charge >= 0.3 is 0 Å². The Hall–Kier alpha value is -4.30. The largest absolute Gasteiger partial charge is 0.393 e. The SMILES string of the molecule is O=C(N[C@H]1c2ccccc2C[C@@H]1O)C(Cc1ccccc1)CC(O)CC(Cc1ccccc1)C(=O)N[C@H]1c2ccccc2C[C@@H]1O. The second-order valence-corrected chi connectivity index (χ2v) is 12.8. The Balaban J connectivity index is 1.19. The number of nitrogens with one attached hydrogen (secondary N) is 2. The molecule has 0 spiro atoms. The van der Waals surface area contributed by atoms with Crippen molar-refractivity contribution in [1.29, 1.82) is 0 Å². The highest BCUT2D eigenvalue weighted by Crippen LogP contribution is 2.34. The van der Waals surface area contributed by atoms with Gasteiger partial charge in [-0.1, -0.05) is 109 Å². The Morgan fingerprint density at radius 1 is 0.587 bits per heavy atom. The summed E-state index contributed by atoms with van der Waals surface area (Å²) in [4.78, 5) is 27.7. The minimum Gasteiger partial charge on any atom is -0.393 e. The van der Waals surface area contributed by atoms with Crippen molar-refractivity contribution in [2.75, 3.05) is 0 Å². The van der Waals surface area contributed by atoms with Gasteiger partial charge in [-0.3, -0.25) is 9.59 Å². The van der Waals surface area contributed by atoms with E-state index in [9.17, 15) is 24.9 Å². The molecule has 4 aromatic carbocycles. The Kier molecular flexibility index (Phi) is 9.93. The number of benzene rings is 4. The first-order valence-electron chi connectivity index (χ1n) is 16.2. The van der Waals surface area contributed by atoms with Gasteiger partial charge in [-0.15, -0.1) is 0 Å². The van der Waals surface area contributed by atoms with Crippen LogP contribution < -0.4 is 10.6 Å². The lowest BCUT2D eigenvalue weighted by Gasteiger charge is -2.27. The van der Waals surface area contributed by atoms with E-state index in [1.165, 1.54) is 0 Å². The van der Waals surface area contributed by atoms with Gasteiger partial charge < -0.3 is 26.0 Å². The molecule has 0 aromatic heterocycles. The molecule has 0 bridgehead atoms. The fraction of sp³-hybridized carbons (Fsp3) is 0.333. The van der Waals surface area contributed by atoms with E-state index in [2.05, 4.69) is 10.6 Å². The molecule has 6 atom stereocenters. The minimum absolute atomic E-state index is 0.151. The van der Waals surface area contributed by atoms with Gasteiger partial charge in [0.2, 0.25) is 11.8 Å². The summed E-state index contributed by atoms with van der Waals surface area (Å²) in [5.41, 5.74) is 5.80. The number of rotatable bonds is 12. The number of carbonyl (C=O) groups excluding carboxylic acids is 2.